The van der Waals surface area contributed by atoms with Gasteiger partial charge in [0.25, 0.3) is 5.91 Å². The molecule has 0 saturated heterocycles. The number of aliphatic imine (C=N–C) groups is 1. The van der Waals surface area contributed by atoms with Crippen molar-refractivity contribution in [3.63, 3.8) is 0 Å². The highest BCUT2D eigenvalue weighted by Crippen LogP contribution is 2.31. The molecule has 3 aromatic rings. The Hall–Kier alpha value is -3.00. The van der Waals surface area contributed by atoms with Crippen LogP contribution in [-0.4, -0.2) is 34.9 Å². The zero-order chi connectivity index (χ0) is 22.0. The van der Waals surface area contributed by atoms with Crippen LogP contribution in [0.1, 0.15) is 23.6 Å². The van der Waals surface area contributed by atoms with E-state index in [-0.39, 0.29) is 23.9 Å². The fourth-order valence-corrected chi connectivity index (χ4v) is 4.19. The fraction of sp³-hybridized carbons (Fsp3) is 0.208. The van der Waals surface area contributed by atoms with E-state index in [0.29, 0.717) is 12.3 Å². The molecule has 1 aliphatic heterocycles. The van der Waals surface area contributed by atoms with Crippen molar-refractivity contribution in [1.82, 2.24) is 0 Å². The number of nitrogens with two attached hydrogens (primary N) is 1. The number of nitrogens with one attached hydrogen (secondary N) is 1. The summed E-state index contributed by atoms with van der Waals surface area (Å²) in [6.45, 7) is 0.328. The van der Waals surface area contributed by atoms with E-state index in [2.05, 4.69) is 22.9 Å². The molecule has 0 radical (unpaired) electrons. The standard InChI is InChI=1S/C24H24N4O2S/c1-28(25,21(29)12-13-31)23(18-11-10-16-6-2-3-7-17(16)14-18)22-24(30)27-20-9-5-4-8-19(20)15-26-22/h2-11,14,23H,12-13,15,25H2,1H3,(H-,27,30,31)/p+1. The molecule has 2 unspecified atom stereocenters. The molecule has 31 heavy (non-hydrogen) atoms. The molecule has 7 heteroatoms. The first-order valence-electron chi connectivity index (χ1n) is 10.1. The molecule has 4 rings (SSSR count). The van der Waals surface area contributed by atoms with Crippen LogP contribution in [0.4, 0.5) is 5.69 Å². The van der Waals surface area contributed by atoms with Gasteiger partial charge in [-0.3, -0.25) is 9.79 Å². The van der Waals surface area contributed by atoms with Crippen molar-refractivity contribution >= 4 is 46.6 Å². The Bertz CT molecular complexity index is 1190. The van der Waals surface area contributed by atoms with Crippen LogP contribution in [0.25, 0.3) is 10.8 Å². The van der Waals surface area contributed by atoms with Crippen LogP contribution < -0.4 is 11.2 Å². The number of hydrogen-bond donors (Lipinski definition) is 3. The van der Waals surface area contributed by atoms with Crippen molar-refractivity contribution < 1.29 is 14.2 Å². The van der Waals surface area contributed by atoms with Gasteiger partial charge in [0.05, 0.1) is 20.0 Å². The minimum Gasteiger partial charge on any atom is -0.320 e. The molecule has 0 bridgehead atoms. The molecule has 158 valence electrons. The molecule has 6 nitrogen and oxygen atoms in total. The van der Waals surface area contributed by atoms with Crippen LogP contribution in [-0.2, 0) is 16.1 Å². The molecule has 0 aliphatic carbocycles. The second-order valence-electron chi connectivity index (χ2n) is 7.84. The number of hydrogen-bond acceptors (Lipinski definition) is 5. The minimum absolute atomic E-state index is 0.190. The Labute approximate surface area is 186 Å². The van der Waals surface area contributed by atoms with Crippen LogP contribution in [0, 0.1) is 0 Å². The summed E-state index contributed by atoms with van der Waals surface area (Å²) in [7, 11) is 1.62. The number of carbonyl (C=O) groups excluding carboxylic acids is 2. The molecular formula is C24H25N4O2S+. The largest absolute Gasteiger partial charge is 0.333 e. The maximum Gasteiger partial charge on any atom is 0.333 e. The molecule has 3 aromatic carbocycles. The lowest BCUT2D eigenvalue weighted by Crippen LogP contribution is -2.61. The first-order chi connectivity index (χ1) is 14.9. The molecule has 0 saturated carbocycles. The zero-order valence-corrected chi connectivity index (χ0v) is 18.2. The maximum absolute atomic E-state index is 13.2. The van der Waals surface area contributed by atoms with E-state index in [1.165, 1.54) is 0 Å². The van der Waals surface area contributed by atoms with Crippen molar-refractivity contribution in [3.05, 3.63) is 77.9 Å². The predicted octanol–water partition coefficient (Wildman–Crippen LogP) is 3.64. The Balaban J connectivity index is 1.85. The van der Waals surface area contributed by atoms with Gasteiger partial charge in [0, 0.05) is 17.0 Å². The SMILES string of the molecule is C[N+](N)(C(=O)CCS)C(C1=NCc2ccccc2NC1=O)c1ccc2ccccc2c1. The summed E-state index contributed by atoms with van der Waals surface area (Å²) in [6, 6.07) is 20.6. The van der Waals surface area contributed by atoms with Crippen molar-refractivity contribution in [3.8, 4) is 0 Å². The number of fused-ring (bicyclic) bond motifs is 2. The van der Waals surface area contributed by atoms with E-state index in [1.54, 1.807) is 7.05 Å². The van der Waals surface area contributed by atoms with Gasteiger partial charge in [-0.15, -0.1) is 0 Å². The Morgan fingerprint density at radius 1 is 1.13 bits per heavy atom. The second-order valence-corrected chi connectivity index (χ2v) is 8.28. The maximum atomic E-state index is 13.2. The number of amides is 2. The van der Waals surface area contributed by atoms with Crippen molar-refractivity contribution in [2.24, 2.45) is 10.8 Å². The van der Waals surface area contributed by atoms with Gasteiger partial charge in [-0.25, -0.2) is 4.79 Å². The van der Waals surface area contributed by atoms with Crippen LogP contribution in [0.3, 0.4) is 0 Å². The Kier molecular flexibility index (Phi) is 5.91. The molecule has 0 spiro atoms. The average Bonchev–Trinajstić information content (AvgIpc) is 2.92. The third kappa shape index (κ3) is 4.12. The number of nitrogens with zero attached hydrogens (tertiary/aromatic N) is 2. The molecule has 0 fully saturated rings. The predicted molar refractivity (Wildman–Crippen MR) is 127 cm³/mol. The summed E-state index contributed by atoms with van der Waals surface area (Å²) in [6.07, 6.45) is 0.190. The monoisotopic (exact) mass is 433 g/mol. The van der Waals surface area contributed by atoms with Gasteiger partial charge in [-0.1, -0.05) is 54.6 Å². The Morgan fingerprint density at radius 3 is 2.61 bits per heavy atom. The van der Waals surface area contributed by atoms with Crippen LogP contribution in [0.15, 0.2) is 71.7 Å². The third-order valence-corrected chi connectivity index (χ3v) is 5.89. The van der Waals surface area contributed by atoms with E-state index in [1.807, 2.05) is 66.7 Å². The van der Waals surface area contributed by atoms with Crippen molar-refractivity contribution in [2.45, 2.75) is 19.0 Å². The lowest BCUT2D eigenvalue weighted by molar-refractivity contribution is -0.867. The molecule has 0 aromatic heterocycles. The second kappa shape index (κ2) is 8.63. The zero-order valence-electron chi connectivity index (χ0n) is 17.3. The van der Waals surface area contributed by atoms with Gasteiger partial charge in [-0.2, -0.15) is 23.1 Å². The van der Waals surface area contributed by atoms with Gasteiger partial charge in [0.1, 0.15) is 0 Å². The summed E-state index contributed by atoms with van der Waals surface area (Å²) in [5.41, 5.74) is 2.63. The highest BCUT2D eigenvalue weighted by Gasteiger charge is 2.44. The van der Waals surface area contributed by atoms with Gasteiger partial charge in [0.15, 0.2) is 11.8 Å². The number of thiol groups is 1. The Morgan fingerprint density at radius 2 is 1.84 bits per heavy atom. The lowest BCUT2D eigenvalue weighted by Gasteiger charge is -2.34. The van der Waals surface area contributed by atoms with Crippen molar-refractivity contribution in [2.75, 3.05) is 18.1 Å². The summed E-state index contributed by atoms with van der Waals surface area (Å²) >= 11 is 4.20. The highest BCUT2D eigenvalue weighted by molar-refractivity contribution is 7.80. The summed E-state index contributed by atoms with van der Waals surface area (Å²) in [4.78, 5) is 30.9. The number of carbonyl (C=O) groups is 2. The molecule has 1 aliphatic rings. The van der Waals surface area contributed by atoms with Gasteiger partial charge in [0.2, 0.25) is 0 Å². The first-order valence-corrected chi connectivity index (χ1v) is 10.8. The summed E-state index contributed by atoms with van der Waals surface area (Å²) in [5, 5.41) is 5.01. The number of para-hydroxylation sites is 1. The minimum atomic E-state index is -0.758. The first kappa shape index (κ1) is 21.2. The molecule has 2 amide bonds. The van der Waals surface area contributed by atoms with Gasteiger partial charge in [-0.05, 0) is 28.5 Å². The number of benzene rings is 3. The van der Waals surface area contributed by atoms with E-state index in [4.69, 9.17) is 5.84 Å². The summed E-state index contributed by atoms with van der Waals surface area (Å²) < 4.78 is -0.512. The van der Waals surface area contributed by atoms with Crippen LogP contribution in [0.5, 0.6) is 0 Å². The molecule has 3 N–H and O–H groups in total. The third-order valence-electron chi connectivity index (χ3n) is 5.67. The highest BCUT2D eigenvalue weighted by atomic mass is 32.1. The summed E-state index contributed by atoms with van der Waals surface area (Å²) in [5.74, 6) is 6.41. The van der Waals surface area contributed by atoms with Crippen LogP contribution in [0.2, 0.25) is 0 Å². The number of rotatable bonds is 5. The average molecular weight is 434 g/mol. The topological polar surface area (TPSA) is 84.6 Å². The molecule has 2 atom stereocenters. The quantitative estimate of drug-likeness (QED) is 0.189. The molecular weight excluding hydrogens is 408 g/mol. The van der Waals surface area contributed by atoms with E-state index in [9.17, 15) is 9.59 Å². The van der Waals surface area contributed by atoms with E-state index < -0.39 is 10.6 Å². The van der Waals surface area contributed by atoms with Gasteiger partial charge >= 0.3 is 5.91 Å². The fourth-order valence-electron chi connectivity index (χ4n) is 4.00. The van der Waals surface area contributed by atoms with E-state index in [0.717, 1.165) is 27.6 Å². The number of quaternary nitrogens is 1. The smallest absolute Gasteiger partial charge is 0.320 e. The normalized spacial score (nSPS) is 16.5. The molecule has 1 heterocycles. The lowest BCUT2D eigenvalue weighted by atomic mass is 9.95. The van der Waals surface area contributed by atoms with E-state index >= 15 is 0 Å². The van der Waals surface area contributed by atoms with Crippen LogP contribution >= 0.6 is 12.6 Å². The number of anilines is 1. The van der Waals surface area contributed by atoms with Gasteiger partial charge < -0.3 is 5.32 Å². The van der Waals surface area contributed by atoms with Crippen molar-refractivity contribution in [1.29, 1.82) is 0 Å².